The van der Waals surface area contributed by atoms with E-state index in [1.54, 1.807) is 12.1 Å². The fraction of sp³-hybridized carbons (Fsp3) is 0.375. The van der Waals surface area contributed by atoms with Gasteiger partial charge in [0.2, 0.25) is 0 Å². The predicted molar refractivity (Wildman–Crippen MR) is 70.7 cm³/mol. The SMILES string of the molecule is O=C1c2ccccc2C(=O)N1CC1CC2C=CC1C2. The molecule has 1 aromatic rings. The van der Waals surface area contributed by atoms with Crippen LogP contribution in [0.5, 0.6) is 0 Å². The van der Waals surface area contributed by atoms with E-state index in [4.69, 9.17) is 0 Å². The molecule has 0 saturated heterocycles. The first-order valence-corrected chi connectivity index (χ1v) is 6.87. The van der Waals surface area contributed by atoms with Crippen LogP contribution in [0.25, 0.3) is 0 Å². The van der Waals surface area contributed by atoms with Gasteiger partial charge in [-0.3, -0.25) is 14.5 Å². The molecular weight excluding hydrogens is 238 g/mol. The average Bonchev–Trinajstić information content (AvgIpc) is 3.10. The van der Waals surface area contributed by atoms with Gasteiger partial charge in [0.15, 0.2) is 0 Å². The standard InChI is InChI=1S/C16H15NO2/c18-15-13-3-1-2-4-14(13)16(19)17(15)9-12-8-10-5-6-11(12)7-10/h1-6,10-12H,7-9H2. The summed E-state index contributed by atoms with van der Waals surface area (Å²) in [6, 6.07) is 7.12. The molecule has 1 fully saturated rings. The molecule has 1 saturated carbocycles. The van der Waals surface area contributed by atoms with Crippen LogP contribution in [0, 0.1) is 17.8 Å². The Balaban J connectivity index is 1.59. The van der Waals surface area contributed by atoms with E-state index in [1.807, 2.05) is 12.1 Å². The van der Waals surface area contributed by atoms with Crippen LogP contribution in [-0.2, 0) is 0 Å². The Labute approximate surface area is 111 Å². The van der Waals surface area contributed by atoms with Crippen molar-refractivity contribution in [3.8, 4) is 0 Å². The molecule has 0 N–H and O–H groups in total. The van der Waals surface area contributed by atoms with Crippen molar-refractivity contribution >= 4 is 11.8 Å². The van der Waals surface area contributed by atoms with Crippen LogP contribution in [0.1, 0.15) is 33.6 Å². The third-order valence-electron chi connectivity index (χ3n) is 4.71. The zero-order valence-electron chi connectivity index (χ0n) is 10.6. The van der Waals surface area contributed by atoms with E-state index in [0.717, 1.165) is 6.42 Å². The summed E-state index contributed by atoms with van der Waals surface area (Å²) in [5.41, 5.74) is 1.12. The minimum Gasteiger partial charge on any atom is -0.274 e. The van der Waals surface area contributed by atoms with E-state index < -0.39 is 0 Å². The van der Waals surface area contributed by atoms with Gasteiger partial charge in [0, 0.05) is 6.54 Å². The van der Waals surface area contributed by atoms with Crippen LogP contribution < -0.4 is 0 Å². The lowest BCUT2D eigenvalue weighted by Crippen LogP contribution is -2.35. The van der Waals surface area contributed by atoms with Crippen molar-refractivity contribution in [2.24, 2.45) is 17.8 Å². The number of hydrogen-bond donors (Lipinski definition) is 0. The van der Waals surface area contributed by atoms with Crippen molar-refractivity contribution in [3.05, 3.63) is 47.5 Å². The van der Waals surface area contributed by atoms with Crippen LogP contribution >= 0.6 is 0 Å². The molecule has 2 bridgehead atoms. The lowest BCUT2D eigenvalue weighted by molar-refractivity contribution is 0.0621. The molecule has 1 aromatic carbocycles. The molecule has 0 aromatic heterocycles. The highest BCUT2D eigenvalue weighted by atomic mass is 16.2. The maximum absolute atomic E-state index is 12.3. The van der Waals surface area contributed by atoms with Gasteiger partial charge in [0.05, 0.1) is 11.1 Å². The fourth-order valence-electron chi connectivity index (χ4n) is 3.74. The number of hydrogen-bond acceptors (Lipinski definition) is 2. The maximum atomic E-state index is 12.3. The van der Waals surface area contributed by atoms with E-state index in [1.165, 1.54) is 11.3 Å². The monoisotopic (exact) mass is 253 g/mol. The number of fused-ring (bicyclic) bond motifs is 3. The number of nitrogens with zero attached hydrogens (tertiary/aromatic N) is 1. The molecule has 1 aliphatic heterocycles. The van der Waals surface area contributed by atoms with Crippen molar-refractivity contribution in [1.82, 2.24) is 4.90 Å². The van der Waals surface area contributed by atoms with Gasteiger partial charge in [-0.25, -0.2) is 0 Å². The molecule has 19 heavy (non-hydrogen) atoms. The summed E-state index contributed by atoms with van der Waals surface area (Å²) in [6.07, 6.45) is 6.86. The molecule has 3 heteroatoms. The molecule has 3 atom stereocenters. The van der Waals surface area contributed by atoms with Crippen molar-refractivity contribution in [2.75, 3.05) is 6.54 Å². The predicted octanol–water partition coefficient (Wildman–Crippen LogP) is 2.49. The fourth-order valence-corrected chi connectivity index (χ4v) is 3.74. The lowest BCUT2D eigenvalue weighted by atomic mass is 9.93. The van der Waals surface area contributed by atoms with Gasteiger partial charge in [-0.15, -0.1) is 0 Å². The highest BCUT2D eigenvalue weighted by molar-refractivity contribution is 6.21. The van der Waals surface area contributed by atoms with E-state index >= 15 is 0 Å². The first-order valence-electron chi connectivity index (χ1n) is 6.87. The Morgan fingerprint density at radius 3 is 2.21 bits per heavy atom. The number of carbonyl (C=O) groups is 2. The zero-order valence-corrected chi connectivity index (χ0v) is 10.6. The molecule has 0 radical (unpaired) electrons. The number of carbonyl (C=O) groups excluding carboxylic acids is 2. The second-order valence-corrected chi connectivity index (χ2v) is 5.81. The normalized spacial score (nSPS) is 31.4. The molecule has 0 spiro atoms. The summed E-state index contributed by atoms with van der Waals surface area (Å²) in [4.78, 5) is 26.0. The Bertz CT molecular complexity index is 570. The number of amides is 2. The Kier molecular flexibility index (Phi) is 2.19. The molecule has 3 unspecified atom stereocenters. The third kappa shape index (κ3) is 1.51. The lowest BCUT2D eigenvalue weighted by Gasteiger charge is -2.23. The summed E-state index contributed by atoms with van der Waals surface area (Å²) >= 11 is 0. The van der Waals surface area contributed by atoms with E-state index in [9.17, 15) is 9.59 Å². The van der Waals surface area contributed by atoms with Crippen molar-refractivity contribution in [1.29, 1.82) is 0 Å². The number of allylic oxidation sites excluding steroid dienone is 2. The van der Waals surface area contributed by atoms with Crippen molar-refractivity contribution in [3.63, 3.8) is 0 Å². The molecule has 2 amide bonds. The van der Waals surface area contributed by atoms with Crippen molar-refractivity contribution in [2.45, 2.75) is 12.8 Å². The minimum atomic E-state index is -0.118. The summed E-state index contributed by atoms with van der Waals surface area (Å²) in [5, 5.41) is 0. The summed E-state index contributed by atoms with van der Waals surface area (Å²) < 4.78 is 0. The van der Waals surface area contributed by atoms with Gasteiger partial charge in [-0.2, -0.15) is 0 Å². The Hall–Kier alpha value is -1.90. The molecule has 2 aliphatic carbocycles. The average molecular weight is 253 g/mol. The molecule has 96 valence electrons. The zero-order chi connectivity index (χ0) is 13.0. The molecular formula is C16H15NO2. The largest absolute Gasteiger partial charge is 0.274 e. The molecule has 3 nitrogen and oxygen atoms in total. The topological polar surface area (TPSA) is 37.4 Å². The Morgan fingerprint density at radius 1 is 1.00 bits per heavy atom. The highest BCUT2D eigenvalue weighted by Gasteiger charge is 2.41. The van der Waals surface area contributed by atoms with Crippen molar-refractivity contribution < 1.29 is 9.59 Å². The number of benzene rings is 1. The van der Waals surface area contributed by atoms with E-state index in [2.05, 4.69) is 12.2 Å². The van der Waals surface area contributed by atoms with Gasteiger partial charge in [0.1, 0.15) is 0 Å². The quantitative estimate of drug-likeness (QED) is 0.600. The second kappa shape index (κ2) is 3.80. The minimum absolute atomic E-state index is 0.118. The van der Waals surface area contributed by atoms with Crippen LogP contribution in [0.4, 0.5) is 0 Å². The molecule has 3 aliphatic rings. The first kappa shape index (κ1) is 11.0. The summed E-state index contributed by atoms with van der Waals surface area (Å²) in [6.45, 7) is 0.581. The highest BCUT2D eigenvalue weighted by Crippen LogP contribution is 2.44. The third-order valence-corrected chi connectivity index (χ3v) is 4.71. The first-order chi connectivity index (χ1) is 9.24. The molecule has 4 rings (SSSR count). The van der Waals surface area contributed by atoms with Gasteiger partial charge in [0.25, 0.3) is 11.8 Å². The van der Waals surface area contributed by atoms with Gasteiger partial charge in [-0.05, 0) is 42.7 Å². The molecule has 1 heterocycles. The summed E-state index contributed by atoms with van der Waals surface area (Å²) in [5.74, 6) is 1.46. The van der Waals surface area contributed by atoms with Gasteiger partial charge < -0.3 is 0 Å². The van der Waals surface area contributed by atoms with Gasteiger partial charge >= 0.3 is 0 Å². The van der Waals surface area contributed by atoms with Gasteiger partial charge in [-0.1, -0.05) is 24.3 Å². The Morgan fingerprint density at radius 2 is 1.68 bits per heavy atom. The van der Waals surface area contributed by atoms with Crippen LogP contribution in [0.2, 0.25) is 0 Å². The van der Waals surface area contributed by atoms with E-state index in [-0.39, 0.29) is 11.8 Å². The maximum Gasteiger partial charge on any atom is 0.261 e. The van der Waals surface area contributed by atoms with Crippen LogP contribution in [0.3, 0.4) is 0 Å². The van der Waals surface area contributed by atoms with Crippen LogP contribution in [0.15, 0.2) is 36.4 Å². The summed E-state index contributed by atoms with van der Waals surface area (Å²) in [7, 11) is 0. The number of rotatable bonds is 2. The van der Waals surface area contributed by atoms with Crippen LogP contribution in [-0.4, -0.2) is 23.3 Å². The second-order valence-electron chi connectivity index (χ2n) is 5.81. The smallest absolute Gasteiger partial charge is 0.261 e. The number of imide groups is 1. The van der Waals surface area contributed by atoms with E-state index in [0.29, 0.717) is 35.4 Å².